The Morgan fingerprint density at radius 3 is 2.62 bits per heavy atom. The van der Waals surface area contributed by atoms with Gasteiger partial charge < -0.3 is 4.90 Å². The molecule has 1 unspecified atom stereocenters. The van der Waals surface area contributed by atoms with Crippen LogP contribution in [0, 0.1) is 20.7 Å². The summed E-state index contributed by atoms with van der Waals surface area (Å²) in [6, 6.07) is 6.44. The molecular weight excluding hydrogens is 384 g/mol. The Morgan fingerprint density at radius 2 is 2.10 bits per heavy atom. The second-order valence-electron chi connectivity index (χ2n) is 5.01. The van der Waals surface area contributed by atoms with E-state index in [1.807, 2.05) is 29.5 Å². The Balaban J connectivity index is 2.02. The second kappa shape index (κ2) is 7.18. The van der Waals surface area contributed by atoms with E-state index in [0.29, 0.717) is 35.3 Å². The van der Waals surface area contributed by atoms with Crippen LogP contribution in [0.2, 0.25) is 0 Å². The third kappa shape index (κ3) is 3.71. The maximum atomic E-state index is 13.1. The van der Waals surface area contributed by atoms with E-state index in [1.54, 1.807) is 4.90 Å². The lowest BCUT2D eigenvalue weighted by atomic mass is 10.1. The summed E-state index contributed by atoms with van der Waals surface area (Å²) >= 11 is 1.98. The fourth-order valence-electron chi connectivity index (χ4n) is 2.50. The summed E-state index contributed by atoms with van der Waals surface area (Å²) in [6.07, 6.45) is 0.792. The summed E-state index contributed by atoms with van der Waals surface area (Å²) in [5, 5.41) is 9.09. The van der Waals surface area contributed by atoms with Gasteiger partial charge in [0, 0.05) is 29.7 Å². The van der Waals surface area contributed by atoms with Crippen molar-refractivity contribution in [3.8, 4) is 6.07 Å². The molecule has 0 saturated carbocycles. The van der Waals surface area contributed by atoms with Gasteiger partial charge in [0.05, 0.1) is 17.7 Å². The summed E-state index contributed by atoms with van der Waals surface area (Å²) in [6.45, 7) is 4.60. The predicted molar refractivity (Wildman–Crippen MR) is 86.3 cm³/mol. The maximum absolute atomic E-state index is 13.1. The Bertz CT molecular complexity index is 565. The van der Waals surface area contributed by atoms with Crippen LogP contribution in [0.4, 0.5) is 4.39 Å². The molecule has 1 aliphatic heterocycles. The standard InChI is InChI=1S/C15H17FIN3O/c1-2-12(10-18)19-5-7-20(8-6-19)15(21)13-4-3-11(16)9-14(13)17/h3-4,9,12H,2,5-8H2,1H3. The number of carbonyl (C=O) groups excluding carboxylic acids is 1. The third-order valence-corrected chi connectivity index (χ3v) is 4.63. The molecule has 0 bridgehead atoms. The molecule has 1 heterocycles. The molecule has 4 nitrogen and oxygen atoms in total. The smallest absolute Gasteiger partial charge is 0.255 e. The van der Waals surface area contributed by atoms with Crippen LogP contribution in [0.15, 0.2) is 18.2 Å². The van der Waals surface area contributed by atoms with Gasteiger partial charge in [0.1, 0.15) is 5.82 Å². The number of benzene rings is 1. The number of hydrogen-bond donors (Lipinski definition) is 0. The average Bonchev–Trinajstić information content (AvgIpc) is 2.48. The first kappa shape index (κ1) is 16.2. The minimum absolute atomic E-state index is 0.0657. The first-order valence-electron chi connectivity index (χ1n) is 6.94. The van der Waals surface area contributed by atoms with Crippen molar-refractivity contribution in [2.24, 2.45) is 0 Å². The number of halogens is 2. The van der Waals surface area contributed by atoms with E-state index in [1.165, 1.54) is 18.2 Å². The van der Waals surface area contributed by atoms with Crippen LogP contribution in [0.5, 0.6) is 0 Å². The number of nitriles is 1. The third-order valence-electron chi connectivity index (χ3n) is 3.74. The summed E-state index contributed by atoms with van der Waals surface area (Å²) < 4.78 is 13.7. The molecule has 2 rings (SSSR count). The van der Waals surface area contributed by atoms with E-state index in [9.17, 15) is 9.18 Å². The molecule has 0 radical (unpaired) electrons. The number of hydrogen-bond acceptors (Lipinski definition) is 3. The number of carbonyl (C=O) groups is 1. The van der Waals surface area contributed by atoms with Crippen LogP contribution >= 0.6 is 22.6 Å². The minimum atomic E-state index is -0.333. The largest absolute Gasteiger partial charge is 0.336 e. The van der Waals surface area contributed by atoms with Crippen LogP contribution in [-0.2, 0) is 0 Å². The van der Waals surface area contributed by atoms with Crippen molar-refractivity contribution in [3.05, 3.63) is 33.1 Å². The maximum Gasteiger partial charge on any atom is 0.255 e. The van der Waals surface area contributed by atoms with Crippen molar-refractivity contribution in [2.75, 3.05) is 26.2 Å². The number of rotatable bonds is 3. The van der Waals surface area contributed by atoms with Gasteiger partial charge in [-0.1, -0.05) is 6.92 Å². The number of amides is 1. The summed E-state index contributed by atoms with van der Waals surface area (Å²) in [5.41, 5.74) is 0.540. The zero-order valence-electron chi connectivity index (χ0n) is 11.9. The van der Waals surface area contributed by atoms with Gasteiger partial charge in [-0.25, -0.2) is 4.39 Å². The summed E-state index contributed by atoms with van der Waals surface area (Å²) in [7, 11) is 0. The van der Waals surface area contributed by atoms with E-state index in [4.69, 9.17) is 5.26 Å². The Morgan fingerprint density at radius 1 is 1.43 bits per heavy atom. The van der Waals surface area contributed by atoms with Gasteiger partial charge in [-0.3, -0.25) is 9.69 Å². The lowest BCUT2D eigenvalue weighted by molar-refractivity contribution is 0.0603. The van der Waals surface area contributed by atoms with Crippen molar-refractivity contribution >= 4 is 28.5 Å². The van der Waals surface area contributed by atoms with E-state index in [2.05, 4.69) is 11.0 Å². The van der Waals surface area contributed by atoms with E-state index >= 15 is 0 Å². The molecule has 1 fully saturated rings. The van der Waals surface area contributed by atoms with Crippen molar-refractivity contribution in [2.45, 2.75) is 19.4 Å². The summed E-state index contributed by atoms with van der Waals surface area (Å²) in [5.74, 6) is -0.398. The molecule has 0 aromatic heterocycles. The molecule has 21 heavy (non-hydrogen) atoms. The van der Waals surface area contributed by atoms with Crippen molar-refractivity contribution in [3.63, 3.8) is 0 Å². The zero-order chi connectivity index (χ0) is 15.4. The lowest BCUT2D eigenvalue weighted by Crippen LogP contribution is -2.51. The molecule has 0 N–H and O–H groups in total. The molecule has 1 amide bonds. The Labute approximate surface area is 137 Å². The molecular formula is C15H17FIN3O. The monoisotopic (exact) mass is 401 g/mol. The first-order chi connectivity index (χ1) is 10.1. The van der Waals surface area contributed by atoms with Crippen molar-refractivity contribution < 1.29 is 9.18 Å². The molecule has 1 saturated heterocycles. The first-order valence-corrected chi connectivity index (χ1v) is 8.02. The summed E-state index contributed by atoms with van der Waals surface area (Å²) in [4.78, 5) is 16.3. The predicted octanol–water partition coefficient (Wildman–Crippen LogP) is 2.49. The number of nitrogens with zero attached hydrogens (tertiary/aromatic N) is 3. The lowest BCUT2D eigenvalue weighted by Gasteiger charge is -2.36. The minimum Gasteiger partial charge on any atom is -0.336 e. The van der Waals surface area contributed by atoms with Gasteiger partial charge >= 0.3 is 0 Å². The molecule has 1 aromatic carbocycles. The quantitative estimate of drug-likeness (QED) is 0.732. The number of piperazine rings is 1. The molecule has 112 valence electrons. The normalized spacial score (nSPS) is 17.3. The van der Waals surface area contributed by atoms with Crippen LogP contribution in [-0.4, -0.2) is 47.9 Å². The van der Waals surface area contributed by atoms with E-state index in [-0.39, 0.29) is 17.8 Å². The average molecular weight is 401 g/mol. The van der Waals surface area contributed by atoms with Gasteiger partial charge in [0.15, 0.2) is 0 Å². The van der Waals surface area contributed by atoms with Crippen molar-refractivity contribution in [1.82, 2.24) is 9.80 Å². The molecule has 0 aliphatic carbocycles. The Hall–Kier alpha value is -1.20. The molecule has 1 aliphatic rings. The van der Waals surface area contributed by atoms with Crippen LogP contribution in [0.25, 0.3) is 0 Å². The molecule has 1 aromatic rings. The molecule has 0 spiro atoms. The van der Waals surface area contributed by atoms with Crippen LogP contribution in [0.1, 0.15) is 23.7 Å². The van der Waals surface area contributed by atoms with E-state index < -0.39 is 0 Å². The molecule has 6 heteroatoms. The highest BCUT2D eigenvalue weighted by atomic mass is 127. The fraction of sp³-hybridized carbons (Fsp3) is 0.467. The highest BCUT2D eigenvalue weighted by molar-refractivity contribution is 14.1. The van der Waals surface area contributed by atoms with Gasteiger partial charge in [0.2, 0.25) is 0 Å². The Kier molecular flexibility index (Phi) is 5.53. The second-order valence-corrected chi connectivity index (χ2v) is 6.17. The van der Waals surface area contributed by atoms with Crippen LogP contribution < -0.4 is 0 Å². The van der Waals surface area contributed by atoms with Crippen LogP contribution in [0.3, 0.4) is 0 Å². The topological polar surface area (TPSA) is 47.3 Å². The van der Waals surface area contributed by atoms with Crippen molar-refractivity contribution in [1.29, 1.82) is 5.26 Å². The van der Waals surface area contributed by atoms with Gasteiger partial charge in [-0.2, -0.15) is 5.26 Å². The van der Waals surface area contributed by atoms with Gasteiger partial charge in [0.25, 0.3) is 5.91 Å². The van der Waals surface area contributed by atoms with Gasteiger partial charge in [-0.05, 0) is 47.2 Å². The van der Waals surface area contributed by atoms with E-state index in [0.717, 1.165) is 6.42 Å². The molecule has 1 atom stereocenters. The zero-order valence-corrected chi connectivity index (χ0v) is 14.0. The highest BCUT2D eigenvalue weighted by Crippen LogP contribution is 2.18. The highest BCUT2D eigenvalue weighted by Gasteiger charge is 2.26. The SMILES string of the molecule is CCC(C#N)N1CCN(C(=O)c2ccc(F)cc2I)CC1. The fourth-order valence-corrected chi connectivity index (χ4v) is 3.21. The van der Waals surface area contributed by atoms with Gasteiger partial charge in [-0.15, -0.1) is 0 Å².